The van der Waals surface area contributed by atoms with E-state index in [1.54, 1.807) is 0 Å². The van der Waals surface area contributed by atoms with E-state index in [1.807, 2.05) is 11.9 Å². The van der Waals surface area contributed by atoms with E-state index in [2.05, 4.69) is 18.7 Å². The smallest absolute Gasteiger partial charge is 0.341 e. The molecule has 1 aromatic rings. The first kappa shape index (κ1) is 23.8. The first-order valence-electron chi connectivity index (χ1n) is 9.42. The van der Waals surface area contributed by atoms with Crippen LogP contribution >= 0.6 is 12.4 Å². The molecule has 7 heteroatoms. The second-order valence-electron chi connectivity index (χ2n) is 7.11. The number of nitrogens with zero attached hydrogens (tertiary/aromatic N) is 2. The number of hydrogen-bond donors (Lipinski definition) is 0. The summed E-state index contributed by atoms with van der Waals surface area (Å²) in [5.74, 6) is 0.0568. The average Bonchev–Trinajstić information content (AvgIpc) is 3.09. The van der Waals surface area contributed by atoms with E-state index < -0.39 is 11.7 Å². The third kappa shape index (κ3) is 6.39. The number of hydrogen-bond acceptors (Lipinski definition) is 2. The van der Waals surface area contributed by atoms with Crippen molar-refractivity contribution < 1.29 is 18.0 Å². The summed E-state index contributed by atoms with van der Waals surface area (Å²) >= 11 is 0. The van der Waals surface area contributed by atoms with Gasteiger partial charge in [-0.1, -0.05) is 26.0 Å². The Balaban J connectivity index is 0.00000364. The average molecular weight is 407 g/mol. The summed E-state index contributed by atoms with van der Waals surface area (Å²) in [5, 5.41) is 0. The molecule has 1 amide bonds. The molecule has 27 heavy (non-hydrogen) atoms. The van der Waals surface area contributed by atoms with Gasteiger partial charge in [-0.05, 0) is 43.4 Å². The van der Waals surface area contributed by atoms with E-state index in [-0.39, 0.29) is 24.4 Å². The van der Waals surface area contributed by atoms with Gasteiger partial charge in [0, 0.05) is 38.6 Å². The molecule has 0 N–H and O–H groups in total. The molecular formula is C20H30ClF3N2O. The molecule has 0 aromatic heterocycles. The lowest BCUT2D eigenvalue weighted by molar-refractivity contribution is -0.137. The molecule has 1 aromatic carbocycles. The van der Waals surface area contributed by atoms with Gasteiger partial charge in [0.15, 0.2) is 0 Å². The van der Waals surface area contributed by atoms with Crippen LogP contribution in [-0.4, -0.2) is 47.9 Å². The number of alkyl halides is 3. The number of carbonyl (C=O) groups is 1. The second-order valence-corrected chi connectivity index (χ2v) is 7.11. The van der Waals surface area contributed by atoms with Crippen molar-refractivity contribution in [3.63, 3.8) is 0 Å². The molecule has 2 rings (SSSR count). The fourth-order valence-electron chi connectivity index (χ4n) is 3.71. The van der Waals surface area contributed by atoms with Gasteiger partial charge in [0.1, 0.15) is 0 Å². The van der Waals surface area contributed by atoms with Crippen LogP contribution in [0.5, 0.6) is 0 Å². The third-order valence-corrected chi connectivity index (χ3v) is 5.50. The number of likely N-dealkylation sites (tertiary alicyclic amines) is 1. The normalized spacial score (nSPS) is 17.8. The van der Waals surface area contributed by atoms with Gasteiger partial charge < -0.3 is 4.90 Å². The molecule has 1 fully saturated rings. The summed E-state index contributed by atoms with van der Waals surface area (Å²) < 4.78 is 37.8. The maximum absolute atomic E-state index is 12.6. The number of likely N-dealkylation sites (N-methyl/N-ethyl adjacent to an activating group) is 1. The molecule has 1 saturated heterocycles. The SMILES string of the molecule is CCC(CC)N1CCC(N(C)C(=O)CCc2ccc(C(F)(F)F)cc2)C1.Cl. The predicted molar refractivity (Wildman–Crippen MR) is 104 cm³/mol. The minimum atomic E-state index is -4.32. The molecule has 1 aliphatic rings. The predicted octanol–water partition coefficient (Wildman–Crippen LogP) is 4.78. The van der Waals surface area contributed by atoms with Crippen molar-refractivity contribution >= 4 is 18.3 Å². The number of aryl methyl sites for hydroxylation is 1. The lowest BCUT2D eigenvalue weighted by atomic mass is 10.1. The number of benzene rings is 1. The summed E-state index contributed by atoms with van der Waals surface area (Å²) in [6.07, 6.45) is -0.311. The Morgan fingerprint density at radius 2 is 1.81 bits per heavy atom. The second kappa shape index (κ2) is 10.3. The van der Waals surface area contributed by atoms with Crippen molar-refractivity contribution in [1.29, 1.82) is 0 Å². The van der Waals surface area contributed by atoms with Gasteiger partial charge in [-0.25, -0.2) is 0 Å². The quantitative estimate of drug-likeness (QED) is 0.650. The van der Waals surface area contributed by atoms with Gasteiger partial charge in [0.05, 0.1) is 5.56 Å². The Bertz CT molecular complexity index is 588. The molecule has 1 atom stereocenters. The van der Waals surface area contributed by atoms with Crippen molar-refractivity contribution in [2.45, 2.75) is 64.2 Å². The Kier molecular flexibility index (Phi) is 9.09. The van der Waals surface area contributed by atoms with Gasteiger partial charge >= 0.3 is 6.18 Å². The largest absolute Gasteiger partial charge is 0.416 e. The Hall–Kier alpha value is -1.27. The highest BCUT2D eigenvalue weighted by atomic mass is 35.5. The monoisotopic (exact) mass is 406 g/mol. The molecule has 0 radical (unpaired) electrons. The van der Waals surface area contributed by atoms with Gasteiger partial charge in [-0.15, -0.1) is 12.4 Å². The van der Waals surface area contributed by atoms with Crippen molar-refractivity contribution in [3.05, 3.63) is 35.4 Å². The highest BCUT2D eigenvalue weighted by molar-refractivity contribution is 5.85. The lowest BCUT2D eigenvalue weighted by Crippen LogP contribution is -2.41. The Morgan fingerprint density at radius 1 is 1.22 bits per heavy atom. The molecule has 0 spiro atoms. The van der Waals surface area contributed by atoms with Crippen LogP contribution in [0, 0.1) is 0 Å². The van der Waals surface area contributed by atoms with Gasteiger partial charge in [0.2, 0.25) is 5.91 Å². The topological polar surface area (TPSA) is 23.6 Å². The van der Waals surface area contributed by atoms with Crippen molar-refractivity contribution in [2.75, 3.05) is 20.1 Å². The van der Waals surface area contributed by atoms with Crippen LogP contribution in [0.2, 0.25) is 0 Å². The number of halogens is 4. The summed E-state index contributed by atoms with van der Waals surface area (Å²) in [6.45, 7) is 6.32. The first-order valence-corrected chi connectivity index (χ1v) is 9.42. The zero-order chi connectivity index (χ0) is 19.3. The number of rotatable bonds is 7. The van der Waals surface area contributed by atoms with Crippen molar-refractivity contribution in [2.24, 2.45) is 0 Å². The zero-order valence-corrected chi connectivity index (χ0v) is 17.1. The van der Waals surface area contributed by atoms with Gasteiger partial charge in [-0.3, -0.25) is 9.69 Å². The fraction of sp³-hybridized carbons (Fsp3) is 0.650. The molecule has 1 aliphatic heterocycles. The maximum Gasteiger partial charge on any atom is 0.416 e. The molecular weight excluding hydrogens is 377 g/mol. The van der Waals surface area contributed by atoms with Crippen LogP contribution < -0.4 is 0 Å². The molecule has 0 aliphatic carbocycles. The Labute approximate surface area is 166 Å². The molecule has 1 heterocycles. The Morgan fingerprint density at radius 3 is 2.33 bits per heavy atom. The summed E-state index contributed by atoms with van der Waals surface area (Å²) in [5.41, 5.74) is 0.0990. The minimum absolute atomic E-state index is 0. The first-order chi connectivity index (χ1) is 12.3. The van der Waals surface area contributed by atoms with Crippen LogP contribution in [0.25, 0.3) is 0 Å². The van der Waals surface area contributed by atoms with Gasteiger partial charge in [-0.2, -0.15) is 13.2 Å². The number of amides is 1. The summed E-state index contributed by atoms with van der Waals surface area (Å²) in [6, 6.07) is 5.88. The zero-order valence-electron chi connectivity index (χ0n) is 16.3. The van der Waals surface area contributed by atoms with Gasteiger partial charge in [0.25, 0.3) is 0 Å². The maximum atomic E-state index is 12.6. The van der Waals surface area contributed by atoms with Crippen LogP contribution in [0.4, 0.5) is 13.2 Å². The molecule has 1 unspecified atom stereocenters. The lowest BCUT2D eigenvalue weighted by Gasteiger charge is -2.28. The summed E-state index contributed by atoms with van der Waals surface area (Å²) in [4.78, 5) is 16.8. The van der Waals surface area contributed by atoms with Crippen LogP contribution in [0.3, 0.4) is 0 Å². The highest BCUT2D eigenvalue weighted by Crippen LogP contribution is 2.29. The van der Waals surface area contributed by atoms with E-state index in [9.17, 15) is 18.0 Å². The highest BCUT2D eigenvalue weighted by Gasteiger charge is 2.31. The standard InChI is InChI=1S/C20H29F3N2O.ClH/c1-4-17(5-2)25-13-12-18(14-25)24(3)19(26)11-8-15-6-9-16(10-7-15)20(21,22)23;/h6-7,9-10,17-18H,4-5,8,11-14H2,1-3H3;1H. The number of carbonyl (C=O) groups excluding carboxylic acids is 1. The van der Waals surface area contributed by atoms with E-state index in [4.69, 9.17) is 0 Å². The summed E-state index contributed by atoms with van der Waals surface area (Å²) in [7, 11) is 1.84. The molecule has 0 saturated carbocycles. The van der Waals surface area contributed by atoms with Crippen molar-refractivity contribution in [3.8, 4) is 0 Å². The third-order valence-electron chi connectivity index (χ3n) is 5.50. The minimum Gasteiger partial charge on any atom is -0.341 e. The van der Waals surface area contributed by atoms with E-state index >= 15 is 0 Å². The van der Waals surface area contributed by atoms with Crippen LogP contribution in [-0.2, 0) is 17.4 Å². The van der Waals surface area contributed by atoms with E-state index in [0.717, 1.165) is 50.0 Å². The van der Waals surface area contributed by atoms with Crippen LogP contribution in [0.15, 0.2) is 24.3 Å². The van der Waals surface area contributed by atoms with E-state index in [0.29, 0.717) is 18.9 Å². The molecule has 0 bridgehead atoms. The van der Waals surface area contributed by atoms with Crippen molar-refractivity contribution in [1.82, 2.24) is 9.80 Å². The molecule has 154 valence electrons. The van der Waals surface area contributed by atoms with E-state index in [1.165, 1.54) is 12.1 Å². The fourth-order valence-corrected chi connectivity index (χ4v) is 3.71. The molecule has 3 nitrogen and oxygen atoms in total. The van der Waals surface area contributed by atoms with Crippen LogP contribution in [0.1, 0.15) is 50.7 Å².